The number of ether oxygens (including phenoxy) is 2. The lowest BCUT2D eigenvalue weighted by atomic mass is 9.89. The molecule has 0 aliphatic carbocycles. The molecule has 336 valence electrons. The summed E-state index contributed by atoms with van der Waals surface area (Å²) in [5.74, 6) is -2.24. The van der Waals surface area contributed by atoms with Gasteiger partial charge in [0, 0.05) is 40.8 Å². The number of nitrogens with one attached hydrogen (secondary N) is 3. The minimum absolute atomic E-state index is 0.00177. The summed E-state index contributed by atoms with van der Waals surface area (Å²) in [7, 11) is 6.13. The molecule has 0 spiro atoms. The van der Waals surface area contributed by atoms with Crippen molar-refractivity contribution in [1.29, 1.82) is 0 Å². The maximum atomic E-state index is 14.3. The van der Waals surface area contributed by atoms with Crippen molar-refractivity contribution in [2.24, 2.45) is 23.7 Å². The van der Waals surface area contributed by atoms with E-state index in [1.165, 1.54) is 7.11 Å². The monoisotopic (exact) mass is 847 g/mol. The lowest BCUT2D eigenvalue weighted by Crippen LogP contribution is -2.59. The summed E-state index contributed by atoms with van der Waals surface area (Å²) in [6, 6.07) is 7.02. The average molecular weight is 847 g/mol. The van der Waals surface area contributed by atoms with Gasteiger partial charge in [-0.1, -0.05) is 85.2 Å². The molecule has 2 rings (SSSR count). The topological polar surface area (TPSA) is 170 Å². The fourth-order valence-electron chi connectivity index (χ4n) is 8.39. The number of methoxy groups -OCH3 is 2. The maximum absolute atomic E-state index is 14.3. The zero-order valence-corrected chi connectivity index (χ0v) is 39.5. The molecule has 15 heteroatoms. The number of carbonyl (C=O) groups is 5. The molecule has 59 heavy (non-hydrogen) atoms. The highest BCUT2D eigenvalue weighted by molar-refractivity contribution is 6.69. The molecule has 1 heterocycles. The molecular weight excluding hydrogens is 769 g/mol. The van der Waals surface area contributed by atoms with Gasteiger partial charge in [-0.15, -0.1) is 0 Å². The molecule has 14 nitrogen and oxygen atoms in total. The first kappa shape index (κ1) is 51.8. The van der Waals surface area contributed by atoms with Gasteiger partial charge < -0.3 is 40.0 Å². The summed E-state index contributed by atoms with van der Waals surface area (Å²) < 4.78 is 12.0. The van der Waals surface area contributed by atoms with Gasteiger partial charge in [0.1, 0.15) is 12.1 Å². The Morgan fingerprint density at radius 1 is 0.898 bits per heavy atom. The highest BCUT2D eigenvalue weighted by Crippen LogP contribution is 2.30. The maximum Gasteiger partial charge on any atom is 0.245 e. The first-order chi connectivity index (χ1) is 27.6. The van der Waals surface area contributed by atoms with E-state index in [1.807, 2.05) is 104 Å². The number of amides is 5. The van der Waals surface area contributed by atoms with Crippen LogP contribution in [0.5, 0.6) is 0 Å². The van der Waals surface area contributed by atoms with Crippen molar-refractivity contribution in [2.45, 2.75) is 142 Å². The standard InChI is InChI=1S/C44H78N6O8Si/c1-15-30(6)39(49(10)44(55)37(28(2)3)47-43(54)38(29(4)5)48(8)9)35(57-11)27-36(51)50-24-19-22-34(50)40(58-12)31(7)41(52)46-33(26-32-20-17-16-18-21-32)42(53)45-23-25-59(13,14)56/h16-18,20-21,28-31,33-35,37-40,56H,15,19,22-27H2,1-14H3,(H,45,53)(H,46,52)(H,47,54)/t30-,31+,33-,34-,35+,37-,38-,39-,40-/m1/s1. The molecular formula is C44H78N6O8Si. The molecule has 1 aromatic rings. The number of hydrogen-bond acceptors (Lipinski definition) is 9. The van der Waals surface area contributed by atoms with Gasteiger partial charge in [-0.2, -0.15) is 0 Å². The Labute approximate surface area is 356 Å². The van der Waals surface area contributed by atoms with Crippen LogP contribution in [0.3, 0.4) is 0 Å². The smallest absolute Gasteiger partial charge is 0.245 e. The summed E-state index contributed by atoms with van der Waals surface area (Å²) in [5.41, 5.74) is 0.887. The Hall–Kier alpha value is -3.37. The Balaban J connectivity index is 2.30. The molecule has 1 aliphatic heterocycles. The molecule has 0 radical (unpaired) electrons. The fraction of sp³-hybridized carbons (Fsp3) is 0.750. The molecule has 1 fully saturated rings. The van der Waals surface area contributed by atoms with Crippen LogP contribution in [0.15, 0.2) is 30.3 Å². The predicted octanol–water partition coefficient (Wildman–Crippen LogP) is 3.67. The Bertz CT molecular complexity index is 1480. The van der Waals surface area contributed by atoms with Gasteiger partial charge in [0.25, 0.3) is 0 Å². The summed E-state index contributed by atoms with van der Waals surface area (Å²) in [6.07, 6.45) is 1.03. The van der Waals surface area contributed by atoms with Crippen LogP contribution in [0, 0.1) is 23.7 Å². The van der Waals surface area contributed by atoms with Gasteiger partial charge in [0.05, 0.1) is 42.7 Å². The Kier molecular flexibility index (Phi) is 21.2. The summed E-state index contributed by atoms with van der Waals surface area (Å²) >= 11 is 0. The van der Waals surface area contributed by atoms with Crippen LogP contribution in [-0.4, -0.2) is 148 Å². The lowest BCUT2D eigenvalue weighted by Gasteiger charge is -2.41. The van der Waals surface area contributed by atoms with Gasteiger partial charge in [-0.3, -0.25) is 28.9 Å². The molecule has 4 N–H and O–H groups in total. The van der Waals surface area contributed by atoms with E-state index in [0.29, 0.717) is 25.6 Å². The largest absolute Gasteiger partial charge is 0.432 e. The second-order valence-electron chi connectivity index (χ2n) is 18.1. The van der Waals surface area contributed by atoms with Gasteiger partial charge in [0.15, 0.2) is 8.32 Å². The second kappa shape index (κ2) is 24.2. The van der Waals surface area contributed by atoms with Crippen LogP contribution in [0.25, 0.3) is 0 Å². The van der Waals surface area contributed by atoms with Crippen molar-refractivity contribution in [3.8, 4) is 0 Å². The SMILES string of the molecule is CC[C@@H](C)[C@H]([C@H](CC(=O)N1CCC[C@@H]1[C@H](OC)[C@H](C)C(=O)N[C@H](Cc1ccccc1)C(=O)NCC[Si](C)(C)O)OC)N(C)C(=O)[C@H](NC(=O)[C@@H](C(C)C)N(C)C)C(C)C. The third kappa shape index (κ3) is 15.2. The summed E-state index contributed by atoms with van der Waals surface area (Å²) in [5, 5.41) is 8.90. The zero-order chi connectivity index (χ0) is 44.8. The molecule has 0 saturated carbocycles. The first-order valence-corrected chi connectivity index (χ1v) is 24.7. The van der Waals surface area contributed by atoms with E-state index in [0.717, 1.165) is 18.4 Å². The highest BCUT2D eigenvalue weighted by atomic mass is 28.4. The summed E-state index contributed by atoms with van der Waals surface area (Å²) in [6.45, 7) is 18.0. The van der Waals surface area contributed by atoms with Crippen LogP contribution >= 0.6 is 0 Å². The normalized spacial score (nSPS) is 18.7. The summed E-state index contributed by atoms with van der Waals surface area (Å²) in [4.78, 5) is 85.1. The van der Waals surface area contributed by atoms with Crippen molar-refractivity contribution in [3.63, 3.8) is 0 Å². The van der Waals surface area contributed by atoms with Gasteiger partial charge in [-0.25, -0.2) is 0 Å². The number of rotatable bonds is 24. The number of benzene rings is 1. The Morgan fingerprint density at radius 2 is 1.53 bits per heavy atom. The van der Waals surface area contributed by atoms with E-state index in [9.17, 15) is 28.8 Å². The van der Waals surface area contributed by atoms with Crippen LogP contribution in [-0.2, 0) is 39.9 Å². The van der Waals surface area contributed by atoms with E-state index in [4.69, 9.17) is 9.47 Å². The van der Waals surface area contributed by atoms with Crippen molar-refractivity contribution in [3.05, 3.63) is 35.9 Å². The number of nitrogens with zero attached hydrogens (tertiary/aromatic N) is 3. The Morgan fingerprint density at radius 3 is 2.03 bits per heavy atom. The molecule has 1 aromatic carbocycles. The van der Waals surface area contributed by atoms with Crippen LogP contribution in [0.2, 0.25) is 19.1 Å². The van der Waals surface area contributed by atoms with Gasteiger partial charge in [-0.05, 0) is 69.4 Å². The van der Waals surface area contributed by atoms with E-state index >= 15 is 0 Å². The molecule has 1 aliphatic rings. The van der Waals surface area contributed by atoms with E-state index < -0.39 is 56.7 Å². The minimum Gasteiger partial charge on any atom is -0.432 e. The minimum atomic E-state index is -2.39. The molecule has 0 bridgehead atoms. The van der Waals surface area contributed by atoms with Crippen molar-refractivity contribution in [2.75, 3.05) is 48.5 Å². The van der Waals surface area contributed by atoms with E-state index in [1.54, 1.807) is 30.9 Å². The first-order valence-electron chi connectivity index (χ1n) is 21.5. The lowest BCUT2D eigenvalue weighted by molar-refractivity contribution is -0.148. The van der Waals surface area contributed by atoms with E-state index in [-0.39, 0.29) is 60.1 Å². The van der Waals surface area contributed by atoms with Crippen molar-refractivity contribution < 1.29 is 38.2 Å². The van der Waals surface area contributed by atoms with Crippen molar-refractivity contribution in [1.82, 2.24) is 30.7 Å². The van der Waals surface area contributed by atoms with Crippen molar-refractivity contribution >= 4 is 37.9 Å². The van der Waals surface area contributed by atoms with E-state index in [2.05, 4.69) is 16.0 Å². The number of likely N-dealkylation sites (N-methyl/N-ethyl adjacent to an activating group) is 2. The third-order valence-corrected chi connectivity index (χ3v) is 13.4. The third-order valence-electron chi connectivity index (χ3n) is 11.9. The second-order valence-corrected chi connectivity index (χ2v) is 22.2. The number of carbonyl (C=O) groups excluding carboxylic acids is 5. The quantitative estimate of drug-likeness (QED) is 0.114. The van der Waals surface area contributed by atoms with Gasteiger partial charge in [0.2, 0.25) is 29.5 Å². The van der Waals surface area contributed by atoms with Crippen LogP contribution in [0.1, 0.15) is 79.7 Å². The fourth-order valence-corrected chi connectivity index (χ4v) is 9.13. The number of hydrogen-bond donors (Lipinski definition) is 4. The van der Waals surface area contributed by atoms with Crippen LogP contribution in [0.4, 0.5) is 0 Å². The average Bonchev–Trinajstić information content (AvgIpc) is 3.65. The predicted molar refractivity (Wildman–Crippen MR) is 235 cm³/mol. The molecule has 1 saturated heterocycles. The molecule has 5 amide bonds. The molecule has 0 aromatic heterocycles. The van der Waals surface area contributed by atoms with Gasteiger partial charge >= 0.3 is 0 Å². The zero-order valence-electron chi connectivity index (χ0n) is 38.5. The highest BCUT2D eigenvalue weighted by Gasteiger charge is 2.43. The van der Waals surface area contributed by atoms with Crippen LogP contribution < -0.4 is 16.0 Å². The molecule has 0 unspecified atom stereocenters. The number of likely N-dealkylation sites (tertiary alicyclic amines) is 1. The molecule has 9 atom stereocenters.